The lowest BCUT2D eigenvalue weighted by Crippen LogP contribution is -2.43. The van der Waals surface area contributed by atoms with Crippen LogP contribution in [0.15, 0.2) is 46.1 Å². The summed E-state index contributed by atoms with van der Waals surface area (Å²) in [6.07, 6.45) is 0.390. The molecule has 164 valence electrons. The molecule has 3 rings (SSSR count). The van der Waals surface area contributed by atoms with Crippen LogP contribution in [-0.4, -0.2) is 55.7 Å². The molecule has 30 heavy (non-hydrogen) atoms. The average Bonchev–Trinajstić information content (AvgIpc) is 3.44. The second-order valence-corrected chi connectivity index (χ2v) is 6.89. The second-order valence-electron chi connectivity index (χ2n) is 6.89. The van der Waals surface area contributed by atoms with Crippen molar-refractivity contribution in [3.05, 3.63) is 48.0 Å². The van der Waals surface area contributed by atoms with Crippen LogP contribution in [0, 0.1) is 0 Å². The zero-order valence-electron chi connectivity index (χ0n) is 16.8. The van der Waals surface area contributed by atoms with Crippen molar-refractivity contribution in [3.63, 3.8) is 0 Å². The van der Waals surface area contributed by atoms with E-state index in [-0.39, 0.29) is 18.5 Å². The fraction of sp³-hybridized carbons (Fsp3) is 0.500. The molecule has 10 heteroatoms. The average molecular weight is 425 g/mol. The second kappa shape index (κ2) is 10.3. The quantitative estimate of drug-likeness (QED) is 0.385. The summed E-state index contributed by atoms with van der Waals surface area (Å²) in [6, 6.07) is 6.14. The van der Waals surface area contributed by atoms with Crippen LogP contribution in [0.1, 0.15) is 30.2 Å². The SMILES string of the molecule is CN=C(NCCOc1ccc(C(F)(F)F)cn1)NCC(c1ccco1)N1CCCC1. The summed E-state index contributed by atoms with van der Waals surface area (Å²) < 4.78 is 48.7. The number of hydrogen-bond donors (Lipinski definition) is 2. The standard InChI is InChI=1S/C20H26F3N5O2/c1-24-19(25-8-12-30-18-7-6-15(13-26-18)20(21,22)23)27-14-16(17-5-4-11-29-17)28-9-2-3-10-28/h4-7,11,13,16H,2-3,8-10,12,14H2,1H3,(H2,24,25,27). The van der Waals surface area contributed by atoms with Crippen molar-refractivity contribution in [2.75, 3.05) is 39.8 Å². The Morgan fingerprint density at radius 3 is 2.67 bits per heavy atom. The monoisotopic (exact) mass is 425 g/mol. The van der Waals surface area contributed by atoms with Gasteiger partial charge in [0.25, 0.3) is 0 Å². The van der Waals surface area contributed by atoms with E-state index in [0.717, 1.165) is 31.1 Å². The Morgan fingerprint density at radius 2 is 2.07 bits per heavy atom. The van der Waals surface area contributed by atoms with E-state index in [1.54, 1.807) is 13.3 Å². The van der Waals surface area contributed by atoms with E-state index in [4.69, 9.17) is 9.15 Å². The summed E-state index contributed by atoms with van der Waals surface area (Å²) in [4.78, 5) is 10.3. The normalized spacial score (nSPS) is 16.5. The molecule has 2 aromatic heterocycles. The number of alkyl halides is 3. The van der Waals surface area contributed by atoms with Gasteiger partial charge in [0, 0.05) is 25.9 Å². The zero-order chi connectivity index (χ0) is 21.4. The number of nitrogens with one attached hydrogen (secondary N) is 2. The van der Waals surface area contributed by atoms with E-state index >= 15 is 0 Å². The molecule has 0 amide bonds. The number of rotatable bonds is 8. The molecule has 1 atom stereocenters. The third-order valence-electron chi connectivity index (χ3n) is 4.85. The number of hydrogen-bond acceptors (Lipinski definition) is 5. The summed E-state index contributed by atoms with van der Waals surface area (Å²) in [5, 5.41) is 6.42. The molecule has 1 unspecified atom stereocenters. The van der Waals surface area contributed by atoms with E-state index in [1.165, 1.54) is 18.9 Å². The summed E-state index contributed by atoms with van der Waals surface area (Å²) in [6.45, 7) is 3.35. The van der Waals surface area contributed by atoms with Crippen LogP contribution in [0.25, 0.3) is 0 Å². The van der Waals surface area contributed by atoms with E-state index < -0.39 is 11.7 Å². The molecule has 1 saturated heterocycles. The lowest BCUT2D eigenvalue weighted by Gasteiger charge is -2.26. The fourth-order valence-electron chi connectivity index (χ4n) is 3.32. The topological polar surface area (TPSA) is 74.9 Å². The maximum atomic E-state index is 12.6. The first-order chi connectivity index (χ1) is 14.5. The molecule has 2 N–H and O–H groups in total. The molecule has 0 radical (unpaired) electrons. The van der Waals surface area contributed by atoms with E-state index in [2.05, 4.69) is 25.5 Å². The number of halogens is 3. The first kappa shape index (κ1) is 21.9. The van der Waals surface area contributed by atoms with Crippen LogP contribution in [0.4, 0.5) is 13.2 Å². The van der Waals surface area contributed by atoms with Gasteiger partial charge in [-0.15, -0.1) is 0 Å². The molecule has 7 nitrogen and oxygen atoms in total. The van der Waals surface area contributed by atoms with Crippen molar-refractivity contribution in [3.8, 4) is 5.88 Å². The maximum absolute atomic E-state index is 12.6. The number of aliphatic imine (C=N–C) groups is 1. The predicted octanol–water partition coefficient (Wildman–Crippen LogP) is 3.07. The van der Waals surface area contributed by atoms with Gasteiger partial charge in [0.1, 0.15) is 12.4 Å². The molecule has 0 aliphatic carbocycles. The molecule has 1 fully saturated rings. The lowest BCUT2D eigenvalue weighted by molar-refractivity contribution is -0.137. The van der Waals surface area contributed by atoms with Gasteiger partial charge in [-0.2, -0.15) is 13.2 Å². The molecule has 0 saturated carbocycles. The highest BCUT2D eigenvalue weighted by atomic mass is 19.4. The predicted molar refractivity (Wildman–Crippen MR) is 106 cm³/mol. The number of likely N-dealkylation sites (tertiary alicyclic amines) is 1. The van der Waals surface area contributed by atoms with Crippen LogP contribution >= 0.6 is 0 Å². The highest BCUT2D eigenvalue weighted by Crippen LogP contribution is 2.29. The van der Waals surface area contributed by atoms with Gasteiger partial charge in [-0.05, 0) is 44.1 Å². The number of aromatic nitrogens is 1. The summed E-state index contributed by atoms with van der Waals surface area (Å²) in [5.41, 5.74) is -0.804. The zero-order valence-corrected chi connectivity index (χ0v) is 16.8. The summed E-state index contributed by atoms with van der Waals surface area (Å²) in [5.74, 6) is 1.66. The van der Waals surface area contributed by atoms with Crippen molar-refractivity contribution in [2.24, 2.45) is 4.99 Å². The lowest BCUT2D eigenvalue weighted by atomic mass is 10.2. The summed E-state index contributed by atoms with van der Waals surface area (Å²) >= 11 is 0. The number of nitrogens with zero attached hydrogens (tertiary/aromatic N) is 3. The van der Waals surface area contributed by atoms with Crippen LogP contribution < -0.4 is 15.4 Å². The molecule has 0 spiro atoms. The Labute approximate surface area is 173 Å². The van der Waals surface area contributed by atoms with Crippen LogP contribution in [0.2, 0.25) is 0 Å². The fourth-order valence-corrected chi connectivity index (χ4v) is 3.32. The van der Waals surface area contributed by atoms with Gasteiger partial charge in [-0.1, -0.05) is 0 Å². The van der Waals surface area contributed by atoms with Gasteiger partial charge < -0.3 is 19.8 Å². The Balaban J connectivity index is 1.43. The molecule has 2 aromatic rings. The van der Waals surface area contributed by atoms with Crippen LogP contribution in [-0.2, 0) is 6.18 Å². The molecule has 1 aliphatic heterocycles. The minimum Gasteiger partial charge on any atom is -0.476 e. The minimum atomic E-state index is -4.41. The number of guanidine groups is 1. The Kier molecular flexibility index (Phi) is 7.56. The Morgan fingerprint density at radius 1 is 1.27 bits per heavy atom. The smallest absolute Gasteiger partial charge is 0.417 e. The Hall–Kier alpha value is -2.75. The molecule has 1 aliphatic rings. The third kappa shape index (κ3) is 6.12. The minimum absolute atomic E-state index is 0.119. The molecular weight excluding hydrogens is 399 g/mol. The van der Waals surface area contributed by atoms with Gasteiger partial charge in [-0.3, -0.25) is 9.89 Å². The first-order valence-corrected chi connectivity index (χ1v) is 9.85. The van der Waals surface area contributed by atoms with Gasteiger partial charge in [-0.25, -0.2) is 4.98 Å². The number of ether oxygens (including phenoxy) is 1. The largest absolute Gasteiger partial charge is 0.476 e. The molecule has 3 heterocycles. The molecular formula is C20H26F3N5O2. The van der Waals surface area contributed by atoms with Crippen molar-refractivity contribution >= 4 is 5.96 Å². The highest BCUT2D eigenvalue weighted by molar-refractivity contribution is 5.79. The number of pyridine rings is 1. The van der Waals surface area contributed by atoms with Crippen LogP contribution in [0.5, 0.6) is 5.88 Å². The van der Waals surface area contributed by atoms with Gasteiger partial charge in [0.15, 0.2) is 5.96 Å². The maximum Gasteiger partial charge on any atom is 0.417 e. The van der Waals surface area contributed by atoms with E-state index in [9.17, 15) is 13.2 Å². The van der Waals surface area contributed by atoms with E-state index in [1.807, 2.05) is 12.1 Å². The first-order valence-electron chi connectivity index (χ1n) is 9.85. The summed E-state index contributed by atoms with van der Waals surface area (Å²) in [7, 11) is 1.67. The molecule has 0 bridgehead atoms. The van der Waals surface area contributed by atoms with Crippen molar-refractivity contribution in [1.82, 2.24) is 20.5 Å². The van der Waals surface area contributed by atoms with Gasteiger partial charge >= 0.3 is 6.18 Å². The third-order valence-corrected chi connectivity index (χ3v) is 4.85. The van der Waals surface area contributed by atoms with Gasteiger partial charge in [0.05, 0.1) is 24.4 Å². The van der Waals surface area contributed by atoms with Gasteiger partial charge in [0.2, 0.25) is 5.88 Å². The van der Waals surface area contributed by atoms with Crippen molar-refractivity contribution in [2.45, 2.75) is 25.1 Å². The van der Waals surface area contributed by atoms with E-state index in [0.29, 0.717) is 19.0 Å². The Bertz CT molecular complexity index is 788. The highest BCUT2D eigenvalue weighted by Gasteiger charge is 2.30. The van der Waals surface area contributed by atoms with Crippen molar-refractivity contribution < 1.29 is 22.3 Å². The van der Waals surface area contributed by atoms with Crippen LogP contribution in [0.3, 0.4) is 0 Å². The van der Waals surface area contributed by atoms with Crippen molar-refractivity contribution in [1.29, 1.82) is 0 Å². The number of furan rings is 1. The molecule has 0 aromatic carbocycles.